The zero-order chi connectivity index (χ0) is 9.35. The third-order valence-corrected chi connectivity index (χ3v) is 2.93. The van der Waals surface area contributed by atoms with Crippen molar-refractivity contribution in [2.24, 2.45) is 0 Å². The highest BCUT2D eigenvalue weighted by Crippen LogP contribution is 2.25. The molecule has 1 aromatic carbocycles. The lowest BCUT2D eigenvalue weighted by molar-refractivity contribution is 0.473. The molecule has 1 rings (SSSR count). The second kappa shape index (κ2) is 3.24. The lowest BCUT2D eigenvalue weighted by Gasteiger charge is -1.98. The first-order valence-electron chi connectivity index (χ1n) is 2.84. The SMILES string of the molecule is O=S(=O)(Cl)c1cc(O)cc(Br)c1. The molecule has 0 radical (unpaired) electrons. The molecule has 0 unspecified atom stereocenters. The Hall–Kier alpha value is -0.260. The van der Waals surface area contributed by atoms with E-state index in [0.29, 0.717) is 4.47 Å². The van der Waals surface area contributed by atoms with Crippen molar-refractivity contribution in [2.45, 2.75) is 4.90 Å². The zero-order valence-corrected chi connectivity index (χ0v) is 8.82. The molecule has 0 fully saturated rings. The van der Waals surface area contributed by atoms with Gasteiger partial charge in [-0.2, -0.15) is 0 Å². The van der Waals surface area contributed by atoms with Crippen LogP contribution in [0.4, 0.5) is 0 Å². The number of aromatic hydroxyl groups is 1. The molecule has 6 heteroatoms. The number of hydrogen-bond acceptors (Lipinski definition) is 3. The second-order valence-electron chi connectivity index (χ2n) is 2.08. The van der Waals surface area contributed by atoms with Crippen LogP contribution in [0.3, 0.4) is 0 Å². The van der Waals surface area contributed by atoms with Crippen LogP contribution in [0.25, 0.3) is 0 Å². The van der Waals surface area contributed by atoms with E-state index in [0.717, 1.165) is 6.07 Å². The lowest BCUT2D eigenvalue weighted by Crippen LogP contribution is -1.89. The van der Waals surface area contributed by atoms with Crippen molar-refractivity contribution in [3.8, 4) is 5.75 Å². The predicted octanol–water partition coefficient (Wildman–Crippen LogP) is 2.08. The van der Waals surface area contributed by atoms with Gasteiger partial charge in [-0.1, -0.05) is 15.9 Å². The Labute approximate surface area is 82.5 Å². The van der Waals surface area contributed by atoms with Gasteiger partial charge < -0.3 is 5.11 Å². The highest BCUT2D eigenvalue weighted by molar-refractivity contribution is 9.10. The zero-order valence-electron chi connectivity index (χ0n) is 5.66. The molecule has 0 aliphatic carbocycles. The van der Waals surface area contributed by atoms with Gasteiger partial charge in [0.1, 0.15) is 5.75 Å². The van der Waals surface area contributed by atoms with Crippen LogP contribution in [0.1, 0.15) is 0 Å². The predicted molar refractivity (Wildman–Crippen MR) is 48.8 cm³/mol. The Bertz CT molecular complexity index is 381. The third kappa shape index (κ3) is 2.36. The topological polar surface area (TPSA) is 54.4 Å². The summed E-state index contributed by atoms with van der Waals surface area (Å²) >= 11 is 3.02. The molecule has 66 valence electrons. The number of phenolic OH excluding ortho intramolecular Hbond substituents is 1. The molecule has 1 N–H and O–H groups in total. The molecule has 0 saturated heterocycles. The Morgan fingerprint density at radius 1 is 1.33 bits per heavy atom. The molecule has 0 aromatic heterocycles. The fourth-order valence-corrected chi connectivity index (χ4v) is 2.12. The molecular weight excluding hydrogens is 267 g/mol. The number of rotatable bonds is 1. The van der Waals surface area contributed by atoms with E-state index in [-0.39, 0.29) is 10.6 Å². The first-order chi connectivity index (χ1) is 5.39. The smallest absolute Gasteiger partial charge is 0.261 e. The highest BCUT2D eigenvalue weighted by atomic mass is 79.9. The van der Waals surface area contributed by atoms with Crippen molar-refractivity contribution in [3.05, 3.63) is 22.7 Å². The molecule has 0 bridgehead atoms. The summed E-state index contributed by atoms with van der Waals surface area (Å²) in [5.41, 5.74) is 0. The molecule has 0 spiro atoms. The summed E-state index contributed by atoms with van der Waals surface area (Å²) in [5, 5.41) is 9.00. The first kappa shape index (κ1) is 9.83. The molecule has 0 amide bonds. The van der Waals surface area contributed by atoms with Crippen LogP contribution < -0.4 is 0 Å². The van der Waals surface area contributed by atoms with Crippen LogP contribution in [-0.2, 0) is 9.05 Å². The van der Waals surface area contributed by atoms with Gasteiger partial charge in [-0.3, -0.25) is 0 Å². The van der Waals surface area contributed by atoms with E-state index in [1.807, 2.05) is 0 Å². The summed E-state index contributed by atoms with van der Waals surface area (Å²) in [6, 6.07) is 3.75. The van der Waals surface area contributed by atoms with Crippen LogP contribution in [0.15, 0.2) is 27.6 Å². The normalized spacial score (nSPS) is 11.5. The molecule has 12 heavy (non-hydrogen) atoms. The van der Waals surface area contributed by atoms with E-state index in [1.54, 1.807) is 0 Å². The van der Waals surface area contributed by atoms with Gasteiger partial charge in [0.05, 0.1) is 4.90 Å². The van der Waals surface area contributed by atoms with Crippen LogP contribution in [0.2, 0.25) is 0 Å². The summed E-state index contributed by atoms with van der Waals surface area (Å²) in [5.74, 6) is -0.149. The summed E-state index contributed by atoms with van der Waals surface area (Å²) in [6.07, 6.45) is 0. The highest BCUT2D eigenvalue weighted by Gasteiger charge is 2.11. The maximum Gasteiger partial charge on any atom is 0.261 e. The van der Waals surface area contributed by atoms with Gasteiger partial charge in [0, 0.05) is 15.2 Å². The average Bonchev–Trinajstić information content (AvgIpc) is 1.82. The molecule has 0 aliphatic rings. The summed E-state index contributed by atoms with van der Waals surface area (Å²) in [6.45, 7) is 0. The molecular formula is C6H4BrClO3S. The van der Waals surface area contributed by atoms with Gasteiger partial charge >= 0.3 is 0 Å². The van der Waals surface area contributed by atoms with E-state index in [2.05, 4.69) is 15.9 Å². The largest absolute Gasteiger partial charge is 0.508 e. The maximum absolute atomic E-state index is 10.8. The van der Waals surface area contributed by atoms with E-state index in [9.17, 15) is 8.42 Å². The molecule has 3 nitrogen and oxygen atoms in total. The van der Waals surface area contributed by atoms with Gasteiger partial charge in [0.25, 0.3) is 9.05 Å². The minimum atomic E-state index is -3.77. The molecule has 0 heterocycles. The van der Waals surface area contributed by atoms with Gasteiger partial charge in [-0.15, -0.1) is 0 Å². The van der Waals surface area contributed by atoms with Crippen LogP contribution in [0, 0.1) is 0 Å². The van der Waals surface area contributed by atoms with Crippen molar-refractivity contribution < 1.29 is 13.5 Å². The number of halogens is 2. The minimum absolute atomic E-state index is 0.129. The summed E-state index contributed by atoms with van der Waals surface area (Å²) in [4.78, 5) is -0.129. The lowest BCUT2D eigenvalue weighted by atomic mass is 10.3. The van der Waals surface area contributed by atoms with Crippen LogP contribution in [0.5, 0.6) is 5.75 Å². The van der Waals surface area contributed by atoms with Crippen LogP contribution >= 0.6 is 26.6 Å². The summed E-state index contributed by atoms with van der Waals surface area (Å²) in [7, 11) is 1.28. The van der Waals surface area contributed by atoms with Crippen molar-refractivity contribution in [1.29, 1.82) is 0 Å². The van der Waals surface area contributed by atoms with Crippen molar-refractivity contribution >= 4 is 35.7 Å². The second-order valence-corrected chi connectivity index (χ2v) is 5.56. The molecule has 1 aromatic rings. The van der Waals surface area contributed by atoms with E-state index < -0.39 is 9.05 Å². The van der Waals surface area contributed by atoms with Gasteiger partial charge in [0.2, 0.25) is 0 Å². The standard InChI is InChI=1S/C6H4BrClO3S/c7-4-1-5(9)3-6(2-4)12(8,10)11/h1-3,9H. The fourth-order valence-electron chi connectivity index (χ4n) is 0.689. The fraction of sp³-hybridized carbons (Fsp3) is 0. The Morgan fingerprint density at radius 3 is 2.33 bits per heavy atom. The minimum Gasteiger partial charge on any atom is -0.508 e. The van der Waals surface area contributed by atoms with E-state index in [1.165, 1.54) is 12.1 Å². The van der Waals surface area contributed by atoms with Crippen molar-refractivity contribution in [1.82, 2.24) is 0 Å². The molecule has 0 saturated carbocycles. The Balaban J connectivity index is 3.37. The van der Waals surface area contributed by atoms with Crippen molar-refractivity contribution in [3.63, 3.8) is 0 Å². The molecule has 0 aliphatic heterocycles. The van der Waals surface area contributed by atoms with Gasteiger partial charge in [-0.05, 0) is 18.2 Å². The summed E-state index contributed by atoms with van der Waals surface area (Å²) < 4.78 is 22.0. The number of phenols is 1. The quantitative estimate of drug-likeness (QED) is 0.796. The number of benzene rings is 1. The van der Waals surface area contributed by atoms with Gasteiger partial charge in [0.15, 0.2) is 0 Å². The molecule has 0 atom stereocenters. The number of hydrogen-bond donors (Lipinski definition) is 1. The van der Waals surface area contributed by atoms with E-state index in [4.69, 9.17) is 15.8 Å². The van der Waals surface area contributed by atoms with E-state index >= 15 is 0 Å². The van der Waals surface area contributed by atoms with Crippen molar-refractivity contribution in [2.75, 3.05) is 0 Å². The Kier molecular flexibility index (Phi) is 2.65. The first-order valence-corrected chi connectivity index (χ1v) is 5.94. The average molecular weight is 272 g/mol. The third-order valence-electron chi connectivity index (χ3n) is 1.14. The van der Waals surface area contributed by atoms with Crippen LogP contribution in [-0.4, -0.2) is 13.5 Å². The van der Waals surface area contributed by atoms with Gasteiger partial charge in [-0.25, -0.2) is 8.42 Å². The maximum atomic E-state index is 10.8. The monoisotopic (exact) mass is 270 g/mol. The Morgan fingerprint density at radius 2 is 1.92 bits per heavy atom.